The van der Waals surface area contributed by atoms with Gasteiger partial charge in [-0.05, 0) is 31.9 Å². The highest BCUT2D eigenvalue weighted by atomic mass is 35.5. The third-order valence-electron chi connectivity index (χ3n) is 3.74. The summed E-state index contributed by atoms with van der Waals surface area (Å²) in [6.07, 6.45) is 2.82. The summed E-state index contributed by atoms with van der Waals surface area (Å²) in [5.74, 6) is 0.919. The highest BCUT2D eigenvalue weighted by molar-refractivity contribution is 7.09. The van der Waals surface area contributed by atoms with Crippen LogP contribution < -0.4 is 0 Å². The van der Waals surface area contributed by atoms with Crippen molar-refractivity contribution >= 4 is 34.0 Å². The molecule has 1 aromatic carbocycles. The SMILES string of the molecule is CCC(c1nccs1)n1c(C(C)Cl)nc2c(C)cccc21. The third-order valence-corrected chi connectivity index (χ3v) is 4.81. The molecule has 0 aliphatic rings. The highest BCUT2D eigenvalue weighted by Crippen LogP contribution is 2.34. The molecule has 0 fully saturated rings. The molecule has 5 heteroatoms. The van der Waals surface area contributed by atoms with Gasteiger partial charge in [-0.2, -0.15) is 0 Å². The minimum atomic E-state index is -0.134. The molecule has 2 heterocycles. The molecule has 0 saturated carbocycles. The second-order valence-electron chi connectivity index (χ2n) is 5.19. The van der Waals surface area contributed by atoms with Gasteiger partial charge in [-0.1, -0.05) is 19.1 Å². The van der Waals surface area contributed by atoms with Gasteiger partial charge in [-0.15, -0.1) is 22.9 Å². The summed E-state index contributed by atoms with van der Waals surface area (Å²) in [6.45, 7) is 6.24. The molecule has 0 amide bonds. The summed E-state index contributed by atoms with van der Waals surface area (Å²) in [5, 5.41) is 2.99. The second-order valence-corrected chi connectivity index (χ2v) is 6.77. The molecular weight excluding hydrogens is 302 g/mol. The second kappa shape index (κ2) is 5.78. The Morgan fingerprint density at radius 3 is 2.81 bits per heavy atom. The van der Waals surface area contributed by atoms with Gasteiger partial charge in [0.2, 0.25) is 0 Å². The van der Waals surface area contributed by atoms with Gasteiger partial charge in [-0.25, -0.2) is 9.97 Å². The molecule has 0 spiro atoms. The van der Waals surface area contributed by atoms with Crippen LogP contribution in [-0.4, -0.2) is 14.5 Å². The molecule has 2 unspecified atom stereocenters. The Bertz CT molecular complexity index is 746. The predicted octanol–water partition coefficient (Wildman–Crippen LogP) is 5.10. The van der Waals surface area contributed by atoms with E-state index in [1.54, 1.807) is 11.3 Å². The summed E-state index contributed by atoms with van der Waals surface area (Å²) in [4.78, 5) is 9.30. The zero-order chi connectivity index (χ0) is 15.0. The van der Waals surface area contributed by atoms with Crippen molar-refractivity contribution in [3.05, 3.63) is 46.2 Å². The monoisotopic (exact) mass is 319 g/mol. The van der Waals surface area contributed by atoms with Crippen molar-refractivity contribution in [2.24, 2.45) is 0 Å². The number of para-hydroxylation sites is 1. The fourth-order valence-electron chi connectivity index (χ4n) is 2.75. The number of alkyl halides is 1. The molecule has 0 radical (unpaired) electrons. The molecule has 3 aromatic rings. The first-order valence-corrected chi connectivity index (χ1v) is 8.46. The summed E-state index contributed by atoms with van der Waals surface area (Å²) in [5.41, 5.74) is 3.35. The van der Waals surface area contributed by atoms with Gasteiger partial charge in [0.25, 0.3) is 0 Å². The molecule has 21 heavy (non-hydrogen) atoms. The smallest absolute Gasteiger partial charge is 0.128 e. The van der Waals surface area contributed by atoms with Crippen molar-refractivity contribution in [3.8, 4) is 0 Å². The van der Waals surface area contributed by atoms with Crippen LogP contribution in [0.25, 0.3) is 11.0 Å². The van der Waals surface area contributed by atoms with Gasteiger partial charge >= 0.3 is 0 Å². The van der Waals surface area contributed by atoms with Gasteiger partial charge in [0.1, 0.15) is 10.8 Å². The van der Waals surface area contributed by atoms with Crippen molar-refractivity contribution in [1.82, 2.24) is 14.5 Å². The van der Waals surface area contributed by atoms with E-state index in [1.165, 1.54) is 5.56 Å². The van der Waals surface area contributed by atoms with Gasteiger partial charge < -0.3 is 4.57 Å². The number of hydrogen-bond acceptors (Lipinski definition) is 3. The Kier molecular flexibility index (Phi) is 4.00. The van der Waals surface area contributed by atoms with E-state index in [1.807, 2.05) is 18.5 Å². The average molecular weight is 320 g/mol. The van der Waals surface area contributed by atoms with Crippen LogP contribution in [-0.2, 0) is 0 Å². The molecule has 2 aromatic heterocycles. The van der Waals surface area contributed by atoms with Gasteiger partial charge in [0.15, 0.2) is 0 Å². The molecule has 110 valence electrons. The Hall–Kier alpha value is -1.39. The summed E-state index contributed by atoms with van der Waals surface area (Å²) >= 11 is 8.08. The lowest BCUT2D eigenvalue weighted by atomic mass is 10.2. The number of imidazole rings is 1. The maximum atomic E-state index is 6.39. The first-order chi connectivity index (χ1) is 10.1. The lowest BCUT2D eigenvalue weighted by Gasteiger charge is -2.19. The Morgan fingerprint density at radius 2 is 2.19 bits per heavy atom. The van der Waals surface area contributed by atoms with Crippen LogP contribution in [0.1, 0.15) is 48.1 Å². The summed E-state index contributed by atoms with van der Waals surface area (Å²) in [7, 11) is 0. The molecule has 0 aliphatic carbocycles. The van der Waals surface area contributed by atoms with E-state index < -0.39 is 0 Å². The number of halogens is 1. The lowest BCUT2D eigenvalue weighted by molar-refractivity contribution is 0.552. The number of benzene rings is 1. The summed E-state index contributed by atoms with van der Waals surface area (Å²) in [6, 6.07) is 6.47. The van der Waals surface area contributed by atoms with E-state index >= 15 is 0 Å². The van der Waals surface area contributed by atoms with E-state index in [0.717, 1.165) is 28.3 Å². The Morgan fingerprint density at radius 1 is 1.38 bits per heavy atom. The number of thiazole rings is 1. The Labute approximate surface area is 133 Å². The lowest BCUT2D eigenvalue weighted by Crippen LogP contribution is -2.13. The van der Waals surface area contributed by atoms with Crippen molar-refractivity contribution in [1.29, 1.82) is 0 Å². The zero-order valence-electron chi connectivity index (χ0n) is 12.4. The van der Waals surface area contributed by atoms with Crippen LogP contribution >= 0.6 is 22.9 Å². The van der Waals surface area contributed by atoms with Crippen molar-refractivity contribution in [2.45, 2.75) is 38.6 Å². The van der Waals surface area contributed by atoms with Gasteiger partial charge in [0.05, 0.1) is 22.5 Å². The van der Waals surface area contributed by atoms with Crippen LogP contribution in [0.15, 0.2) is 29.8 Å². The molecular formula is C16H18ClN3S. The minimum Gasteiger partial charge on any atom is -0.317 e. The van der Waals surface area contributed by atoms with Crippen LogP contribution in [0.5, 0.6) is 0 Å². The van der Waals surface area contributed by atoms with Crippen molar-refractivity contribution in [2.75, 3.05) is 0 Å². The van der Waals surface area contributed by atoms with Crippen molar-refractivity contribution in [3.63, 3.8) is 0 Å². The number of fused-ring (bicyclic) bond motifs is 1. The summed E-state index contributed by atoms with van der Waals surface area (Å²) < 4.78 is 2.26. The number of rotatable bonds is 4. The number of hydrogen-bond donors (Lipinski definition) is 0. The van der Waals surface area contributed by atoms with E-state index in [2.05, 4.69) is 41.6 Å². The molecule has 3 rings (SSSR count). The van der Waals surface area contributed by atoms with Crippen LogP contribution in [0.3, 0.4) is 0 Å². The van der Waals surface area contributed by atoms with E-state index in [4.69, 9.17) is 16.6 Å². The predicted molar refractivity (Wildman–Crippen MR) is 89.3 cm³/mol. The fourth-order valence-corrected chi connectivity index (χ4v) is 3.72. The highest BCUT2D eigenvalue weighted by Gasteiger charge is 2.23. The van der Waals surface area contributed by atoms with Gasteiger partial charge in [-0.3, -0.25) is 0 Å². The maximum Gasteiger partial charge on any atom is 0.128 e. The first-order valence-electron chi connectivity index (χ1n) is 7.14. The number of aryl methyl sites for hydroxylation is 1. The maximum absolute atomic E-state index is 6.39. The fraction of sp³-hybridized carbons (Fsp3) is 0.375. The van der Waals surface area contributed by atoms with Crippen molar-refractivity contribution < 1.29 is 0 Å². The molecule has 0 aliphatic heterocycles. The normalized spacial score (nSPS) is 14.5. The quantitative estimate of drug-likeness (QED) is 0.626. The standard InChI is InChI=1S/C16H18ClN3S/c1-4-12(16-18-8-9-21-16)20-13-7-5-6-10(2)14(13)19-15(20)11(3)17/h5-9,11-12H,4H2,1-3H3. The molecule has 0 N–H and O–H groups in total. The largest absolute Gasteiger partial charge is 0.317 e. The van der Waals surface area contributed by atoms with E-state index in [-0.39, 0.29) is 11.4 Å². The Balaban J connectivity index is 2.29. The first kappa shape index (κ1) is 14.5. The van der Waals surface area contributed by atoms with Crippen LogP contribution in [0.2, 0.25) is 0 Å². The molecule has 0 saturated heterocycles. The van der Waals surface area contributed by atoms with Crippen LogP contribution in [0.4, 0.5) is 0 Å². The molecule has 2 atom stereocenters. The number of nitrogens with zero attached hydrogens (tertiary/aromatic N) is 3. The molecule has 3 nitrogen and oxygen atoms in total. The topological polar surface area (TPSA) is 30.7 Å². The number of aromatic nitrogens is 3. The average Bonchev–Trinajstić information content (AvgIpc) is 3.09. The minimum absolute atomic E-state index is 0.134. The zero-order valence-corrected chi connectivity index (χ0v) is 13.9. The third kappa shape index (κ3) is 2.47. The van der Waals surface area contributed by atoms with Crippen LogP contribution in [0, 0.1) is 6.92 Å². The van der Waals surface area contributed by atoms with Gasteiger partial charge in [0, 0.05) is 11.6 Å². The van der Waals surface area contributed by atoms with E-state index in [0.29, 0.717) is 0 Å². The van der Waals surface area contributed by atoms with E-state index in [9.17, 15) is 0 Å². The molecule has 0 bridgehead atoms.